The van der Waals surface area contributed by atoms with E-state index in [0.717, 1.165) is 12.2 Å². The van der Waals surface area contributed by atoms with Crippen LogP contribution in [0.1, 0.15) is 43.3 Å². The van der Waals surface area contributed by atoms with Gasteiger partial charge < -0.3 is 15.5 Å². The fourth-order valence-corrected chi connectivity index (χ4v) is 1.69. The molecule has 4 nitrogen and oxygen atoms in total. The van der Waals surface area contributed by atoms with Crippen molar-refractivity contribution in [3.05, 3.63) is 23.7 Å². The van der Waals surface area contributed by atoms with Crippen LogP contribution in [0.25, 0.3) is 0 Å². The minimum atomic E-state index is -0.102. The first-order chi connectivity index (χ1) is 7.84. The summed E-state index contributed by atoms with van der Waals surface area (Å²) in [7, 11) is 0. The van der Waals surface area contributed by atoms with Gasteiger partial charge in [-0.15, -0.1) is 0 Å². The van der Waals surface area contributed by atoms with Crippen molar-refractivity contribution in [2.24, 2.45) is 11.1 Å². The predicted molar refractivity (Wildman–Crippen MR) is 67.8 cm³/mol. The van der Waals surface area contributed by atoms with Crippen LogP contribution in [-0.2, 0) is 0 Å². The zero-order valence-electron chi connectivity index (χ0n) is 11.0. The van der Waals surface area contributed by atoms with Crippen molar-refractivity contribution in [2.75, 3.05) is 6.54 Å². The van der Waals surface area contributed by atoms with E-state index in [4.69, 9.17) is 10.2 Å². The Bertz CT molecular complexity index is 377. The highest BCUT2D eigenvalue weighted by Crippen LogP contribution is 2.22. The van der Waals surface area contributed by atoms with Crippen LogP contribution in [0.2, 0.25) is 0 Å². The number of nitrogens with two attached hydrogens (primary N) is 1. The Morgan fingerprint density at radius 2 is 2.18 bits per heavy atom. The highest BCUT2D eigenvalue weighted by atomic mass is 16.3. The highest BCUT2D eigenvalue weighted by molar-refractivity contribution is 5.94. The van der Waals surface area contributed by atoms with Crippen LogP contribution in [0.15, 0.2) is 16.7 Å². The van der Waals surface area contributed by atoms with E-state index in [1.165, 1.54) is 6.26 Å². The maximum Gasteiger partial charge on any atom is 0.254 e. The largest absolute Gasteiger partial charge is 0.469 e. The van der Waals surface area contributed by atoms with Gasteiger partial charge >= 0.3 is 0 Å². The van der Waals surface area contributed by atoms with Gasteiger partial charge in [0, 0.05) is 6.04 Å². The number of rotatable bonds is 4. The van der Waals surface area contributed by atoms with Gasteiger partial charge in [0.05, 0.1) is 5.56 Å². The van der Waals surface area contributed by atoms with Crippen molar-refractivity contribution in [1.82, 2.24) is 5.32 Å². The number of nitrogens with one attached hydrogen (secondary N) is 1. The van der Waals surface area contributed by atoms with Crippen molar-refractivity contribution in [3.63, 3.8) is 0 Å². The van der Waals surface area contributed by atoms with E-state index in [9.17, 15) is 4.79 Å². The van der Waals surface area contributed by atoms with Crippen molar-refractivity contribution >= 4 is 5.91 Å². The molecule has 96 valence electrons. The van der Waals surface area contributed by atoms with Crippen LogP contribution in [0.4, 0.5) is 0 Å². The second kappa shape index (κ2) is 5.36. The Balaban J connectivity index is 2.71. The maximum atomic E-state index is 12.0. The van der Waals surface area contributed by atoms with Crippen LogP contribution in [-0.4, -0.2) is 18.5 Å². The summed E-state index contributed by atoms with van der Waals surface area (Å²) in [6.07, 6.45) is 2.25. The van der Waals surface area contributed by atoms with Crippen molar-refractivity contribution < 1.29 is 9.21 Å². The maximum absolute atomic E-state index is 12.0. The third-order valence-electron chi connectivity index (χ3n) is 2.80. The molecule has 0 aliphatic rings. The molecule has 0 fully saturated rings. The third-order valence-corrected chi connectivity index (χ3v) is 2.80. The fraction of sp³-hybridized carbons (Fsp3) is 0.615. The van der Waals surface area contributed by atoms with Gasteiger partial charge in [-0.05, 0) is 31.4 Å². The van der Waals surface area contributed by atoms with Gasteiger partial charge in [0.15, 0.2) is 0 Å². The molecule has 1 unspecified atom stereocenters. The molecule has 0 saturated heterocycles. The third kappa shape index (κ3) is 3.89. The lowest BCUT2D eigenvalue weighted by Crippen LogP contribution is -2.44. The monoisotopic (exact) mass is 238 g/mol. The smallest absolute Gasteiger partial charge is 0.254 e. The molecule has 1 atom stereocenters. The lowest BCUT2D eigenvalue weighted by atomic mass is 9.84. The molecular formula is C13H22N2O2. The Kier molecular flexibility index (Phi) is 4.34. The summed E-state index contributed by atoms with van der Waals surface area (Å²) < 4.78 is 5.13. The van der Waals surface area contributed by atoms with E-state index in [1.807, 2.05) is 6.92 Å². The van der Waals surface area contributed by atoms with Crippen molar-refractivity contribution in [1.29, 1.82) is 0 Å². The predicted octanol–water partition coefficient (Wildman–Crippen LogP) is 2.08. The van der Waals surface area contributed by atoms with Gasteiger partial charge in [-0.1, -0.05) is 20.8 Å². The van der Waals surface area contributed by atoms with Crippen LogP contribution < -0.4 is 11.1 Å². The van der Waals surface area contributed by atoms with E-state index < -0.39 is 0 Å². The van der Waals surface area contributed by atoms with Crippen molar-refractivity contribution in [3.8, 4) is 0 Å². The van der Waals surface area contributed by atoms with E-state index in [0.29, 0.717) is 12.1 Å². The number of amides is 1. The highest BCUT2D eigenvalue weighted by Gasteiger charge is 2.26. The second-order valence-electron chi connectivity index (χ2n) is 5.42. The summed E-state index contributed by atoms with van der Waals surface area (Å²) in [6, 6.07) is 1.80. The average Bonchev–Trinajstić information content (AvgIpc) is 2.62. The van der Waals surface area contributed by atoms with Gasteiger partial charge in [0.25, 0.3) is 5.91 Å². The molecule has 1 aromatic heterocycles. The van der Waals surface area contributed by atoms with E-state index in [-0.39, 0.29) is 17.4 Å². The molecule has 1 rings (SSSR count). The summed E-state index contributed by atoms with van der Waals surface area (Å²) in [5, 5.41) is 3.01. The Hall–Kier alpha value is -1.29. The minimum absolute atomic E-state index is 0.00614. The summed E-state index contributed by atoms with van der Waals surface area (Å²) in [4.78, 5) is 12.0. The van der Waals surface area contributed by atoms with Crippen LogP contribution in [0, 0.1) is 12.3 Å². The van der Waals surface area contributed by atoms with E-state index in [2.05, 4.69) is 26.1 Å². The molecule has 0 aromatic carbocycles. The summed E-state index contributed by atoms with van der Waals surface area (Å²) >= 11 is 0. The lowest BCUT2D eigenvalue weighted by molar-refractivity contribution is 0.0898. The Morgan fingerprint density at radius 3 is 2.59 bits per heavy atom. The van der Waals surface area contributed by atoms with Crippen LogP contribution >= 0.6 is 0 Å². The second-order valence-corrected chi connectivity index (χ2v) is 5.42. The minimum Gasteiger partial charge on any atom is -0.469 e. The molecule has 0 aliphatic heterocycles. The number of carbonyl (C=O) groups excluding carboxylic acids is 1. The summed E-state index contributed by atoms with van der Waals surface area (Å²) in [5.41, 5.74) is 6.13. The van der Waals surface area contributed by atoms with Gasteiger partial charge in [0.1, 0.15) is 12.0 Å². The first-order valence-corrected chi connectivity index (χ1v) is 5.90. The zero-order valence-corrected chi connectivity index (χ0v) is 11.0. The van der Waals surface area contributed by atoms with Gasteiger partial charge in [-0.25, -0.2) is 0 Å². The molecule has 0 spiro atoms. The number of hydrogen-bond acceptors (Lipinski definition) is 3. The number of aryl methyl sites for hydroxylation is 1. The number of carbonyl (C=O) groups is 1. The molecule has 0 radical (unpaired) electrons. The SMILES string of the molecule is Cc1cc(C(=O)NC(CCN)C(C)(C)C)co1. The molecule has 4 heteroatoms. The Labute approximate surface area is 103 Å². The van der Waals surface area contributed by atoms with E-state index in [1.54, 1.807) is 6.07 Å². The molecule has 0 aliphatic carbocycles. The molecule has 1 amide bonds. The summed E-state index contributed by atoms with van der Waals surface area (Å²) in [6.45, 7) is 8.65. The standard InChI is InChI=1S/C13H22N2O2/c1-9-7-10(8-17-9)12(16)15-11(5-6-14)13(2,3)4/h7-8,11H,5-6,14H2,1-4H3,(H,15,16). The number of furan rings is 1. The molecule has 1 heterocycles. The molecular weight excluding hydrogens is 216 g/mol. The quantitative estimate of drug-likeness (QED) is 0.843. The normalized spacial score (nSPS) is 13.5. The molecule has 0 saturated carbocycles. The molecule has 0 bridgehead atoms. The average molecular weight is 238 g/mol. The first kappa shape index (κ1) is 13.8. The van der Waals surface area contributed by atoms with Gasteiger partial charge in [0.2, 0.25) is 0 Å². The van der Waals surface area contributed by atoms with Crippen LogP contribution in [0.3, 0.4) is 0 Å². The van der Waals surface area contributed by atoms with Crippen molar-refractivity contribution in [2.45, 2.75) is 40.2 Å². The number of hydrogen-bond donors (Lipinski definition) is 2. The van der Waals surface area contributed by atoms with E-state index >= 15 is 0 Å². The molecule has 1 aromatic rings. The fourth-order valence-electron chi connectivity index (χ4n) is 1.69. The lowest BCUT2D eigenvalue weighted by Gasteiger charge is -2.31. The molecule has 17 heavy (non-hydrogen) atoms. The van der Waals surface area contributed by atoms with Gasteiger partial charge in [-0.2, -0.15) is 0 Å². The Morgan fingerprint density at radius 1 is 1.53 bits per heavy atom. The first-order valence-electron chi connectivity index (χ1n) is 5.90. The van der Waals surface area contributed by atoms with Crippen LogP contribution in [0.5, 0.6) is 0 Å². The molecule has 3 N–H and O–H groups in total. The summed E-state index contributed by atoms with van der Waals surface area (Å²) in [5.74, 6) is 0.636. The zero-order chi connectivity index (χ0) is 13.1. The topological polar surface area (TPSA) is 68.3 Å². The van der Waals surface area contributed by atoms with Gasteiger partial charge in [-0.3, -0.25) is 4.79 Å².